The topological polar surface area (TPSA) is 81.8 Å². The summed E-state index contributed by atoms with van der Waals surface area (Å²) in [5.74, 6) is 0.658. The van der Waals surface area contributed by atoms with Crippen molar-refractivity contribution in [3.63, 3.8) is 0 Å². The van der Waals surface area contributed by atoms with Crippen LogP contribution in [0, 0.1) is 5.92 Å². The van der Waals surface area contributed by atoms with Crippen molar-refractivity contribution in [3.05, 3.63) is 59.7 Å². The molecule has 0 bridgehead atoms. The van der Waals surface area contributed by atoms with Crippen molar-refractivity contribution in [3.8, 4) is 0 Å². The molecule has 0 spiro atoms. The van der Waals surface area contributed by atoms with E-state index < -0.39 is 0 Å². The van der Waals surface area contributed by atoms with Crippen LogP contribution in [0.1, 0.15) is 42.1 Å². The maximum Gasteiger partial charge on any atom is 0.253 e. The number of benzene rings is 2. The molecule has 2 aromatic rings. The van der Waals surface area contributed by atoms with Crippen LogP contribution in [0.3, 0.4) is 0 Å². The summed E-state index contributed by atoms with van der Waals surface area (Å²) >= 11 is 0. The number of piperidine rings is 1. The first-order chi connectivity index (χ1) is 15.8. The van der Waals surface area contributed by atoms with Crippen molar-refractivity contribution in [2.24, 2.45) is 5.92 Å². The fraction of sp³-hybridized carbons (Fsp3) is 0.423. The fourth-order valence-corrected chi connectivity index (χ4v) is 3.79. The number of aryl methyl sites for hydroxylation is 1. The second-order valence-electron chi connectivity index (χ2n) is 8.94. The zero-order valence-corrected chi connectivity index (χ0v) is 19.8. The molecule has 33 heavy (non-hydrogen) atoms. The Hall–Kier alpha value is -3.35. The predicted molar refractivity (Wildman–Crippen MR) is 131 cm³/mol. The highest BCUT2D eigenvalue weighted by Gasteiger charge is 2.21. The van der Waals surface area contributed by atoms with Gasteiger partial charge in [-0.2, -0.15) is 0 Å². The number of rotatable bonds is 8. The largest absolute Gasteiger partial charge is 0.376 e. The average Bonchev–Trinajstić information content (AvgIpc) is 2.82. The standard InChI is InChI=1S/C26H34N4O3/c1-19-13-15-30(16-14-19)26(33)21-8-10-22(11-9-21)27-18-24(31)28-23-6-4-5-20(17-23)7-12-25(32)29(2)3/h4-6,8-11,17,19,27H,7,12-16,18H2,1-3H3,(H,28,31). The molecule has 7 heteroatoms. The average molecular weight is 451 g/mol. The van der Waals surface area contributed by atoms with Crippen LogP contribution in [-0.4, -0.2) is 61.3 Å². The lowest BCUT2D eigenvalue weighted by molar-refractivity contribution is -0.128. The lowest BCUT2D eigenvalue weighted by Crippen LogP contribution is -2.37. The normalized spacial score (nSPS) is 14.0. The first-order valence-corrected chi connectivity index (χ1v) is 11.5. The molecule has 176 valence electrons. The number of amides is 3. The quantitative estimate of drug-likeness (QED) is 0.644. The number of hydrogen-bond donors (Lipinski definition) is 2. The molecule has 2 aromatic carbocycles. The van der Waals surface area contributed by atoms with Crippen molar-refractivity contribution in [1.29, 1.82) is 0 Å². The third-order valence-electron chi connectivity index (χ3n) is 5.99. The molecule has 1 saturated heterocycles. The monoisotopic (exact) mass is 450 g/mol. The fourth-order valence-electron chi connectivity index (χ4n) is 3.79. The van der Waals surface area contributed by atoms with E-state index in [9.17, 15) is 14.4 Å². The number of anilines is 2. The first kappa shape index (κ1) is 24.3. The van der Waals surface area contributed by atoms with E-state index in [1.807, 2.05) is 41.3 Å². The summed E-state index contributed by atoms with van der Waals surface area (Å²) in [7, 11) is 3.49. The van der Waals surface area contributed by atoms with Crippen molar-refractivity contribution in [2.45, 2.75) is 32.6 Å². The van der Waals surface area contributed by atoms with Crippen molar-refractivity contribution in [1.82, 2.24) is 9.80 Å². The Morgan fingerprint density at radius 3 is 2.36 bits per heavy atom. The van der Waals surface area contributed by atoms with Gasteiger partial charge >= 0.3 is 0 Å². The molecular weight excluding hydrogens is 416 g/mol. The van der Waals surface area contributed by atoms with Gasteiger partial charge in [-0.15, -0.1) is 0 Å². The minimum Gasteiger partial charge on any atom is -0.376 e. The second kappa shape index (κ2) is 11.5. The Labute approximate surface area is 196 Å². The van der Waals surface area contributed by atoms with Crippen LogP contribution >= 0.6 is 0 Å². The molecule has 2 N–H and O–H groups in total. The van der Waals surface area contributed by atoms with E-state index in [4.69, 9.17) is 0 Å². The number of carbonyl (C=O) groups excluding carboxylic acids is 3. The molecule has 0 aromatic heterocycles. The predicted octanol–water partition coefficient (Wildman–Crippen LogP) is 3.63. The highest BCUT2D eigenvalue weighted by Crippen LogP contribution is 2.19. The van der Waals surface area contributed by atoms with Crippen LogP contribution in [0.25, 0.3) is 0 Å². The van der Waals surface area contributed by atoms with E-state index in [2.05, 4.69) is 17.6 Å². The number of carbonyl (C=O) groups is 3. The van der Waals surface area contributed by atoms with Gasteiger partial charge in [0, 0.05) is 50.5 Å². The van der Waals surface area contributed by atoms with Crippen LogP contribution in [0.5, 0.6) is 0 Å². The molecule has 3 rings (SSSR count). The van der Waals surface area contributed by atoms with E-state index in [0.29, 0.717) is 30.0 Å². The zero-order valence-electron chi connectivity index (χ0n) is 19.8. The van der Waals surface area contributed by atoms with Gasteiger partial charge in [-0.05, 0) is 67.1 Å². The van der Waals surface area contributed by atoms with E-state index in [1.54, 1.807) is 31.1 Å². The first-order valence-electron chi connectivity index (χ1n) is 11.5. The summed E-state index contributed by atoms with van der Waals surface area (Å²) in [5, 5.41) is 5.98. The minimum atomic E-state index is -0.167. The molecule has 1 aliphatic heterocycles. The number of hydrogen-bond acceptors (Lipinski definition) is 4. The highest BCUT2D eigenvalue weighted by atomic mass is 16.2. The Bertz CT molecular complexity index is 964. The molecule has 0 unspecified atom stereocenters. The Balaban J connectivity index is 1.46. The molecule has 1 fully saturated rings. The van der Waals surface area contributed by atoms with Gasteiger partial charge in [-0.3, -0.25) is 14.4 Å². The summed E-state index contributed by atoms with van der Waals surface area (Å²) in [6, 6.07) is 14.8. The van der Waals surface area contributed by atoms with Crippen molar-refractivity contribution in [2.75, 3.05) is 44.4 Å². The molecular formula is C26H34N4O3. The molecule has 0 saturated carbocycles. The molecule has 3 amide bonds. The van der Waals surface area contributed by atoms with Crippen molar-refractivity contribution < 1.29 is 14.4 Å². The SMILES string of the molecule is CC1CCN(C(=O)c2ccc(NCC(=O)Nc3cccc(CCC(=O)N(C)C)c3)cc2)CC1. The van der Waals surface area contributed by atoms with Gasteiger partial charge in [0.2, 0.25) is 11.8 Å². The van der Waals surface area contributed by atoms with Crippen LogP contribution in [0.2, 0.25) is 0 Å². The Kier molecular flexibility index (Phi) is 8.46. The lowest BCUT2D eigenvalue weighted by atomic mass is 9.98. The number of nitrogens with one attached hydrogen (secondary N) is 2. The molecule has 0 aliphatic carbocycles. The summed E-state index contributed by atoms with van der Waals surface area (Å²) in [4.78, 5) is 40.3. The van der Waals surface area contributed by atoms with Gasteiger partial charge < -0.3 is 20.4 Å². The van der Waals surface area contributed by atoms with Gasteiger partial charge in [0.1, 0.15) is 0 Å². The number of nitrogens with zero attached hydrogens (tertiary/aromatic N) is 2. The Morgan fingerprint density at radius 1 is 1.00 bits per heavy atom. The molecule has 1 heterocycles. The summed E-state index contributed by atoms with van der Waals surface area (Å²) in [6.45, 7) is 3.96. The van der Waals surface area contributed by atoms with E-state index >= 15 is 0 Å². The third-order valence-corrected chi connectivity index (χ3v) is 5.99. The van der Waals surface area contributed by atoms with Crippen LogP contribution in [0.15, 0.2) is 48.5 Å². The van der Waals surface area contributed by atoms with Gasteiger partial charge in [0.15, 0.2) is 0 Å². The third kappa shape index (κ3) is 7.34. The van der Waals surface area contributed by atoms with Crippen LogP contribution < -0.4 is 10.6 Å². The van der Waals surface area contributed by atoms with Crippen LogP contribution in [0.4, 0.5) is 11.4 Å². The number of likely N-dealkylation sites (tertiary alicyclic amines) is 1. The summed E-state index contributed by atoms with van der Waals surface area (Å²) in [6.07, 6.45) is 3.16. The smallest absolute Gasteiger partial charge is 0.253 e. The Morgan fingerprint density at radius 2 is 1.70 bits per heavy atom. The second-order valence-corrected chi connectivity index (χ2v) is 8.94. The maximum atomic E-state index is 12.7. The maximum absolute atomic E-state index is 12.7. The van der Waals surface area contributed by atoms with Gasteiger partial charge in [-0.1, -0.05) is 19.1 Å². The lowest BCUT2D eigenvalue weighted by Gasteiger charge is -2.30. The molecule has 1 aliphatic rings. The minimum absolute atomic E-state index is 0.0679. The van der Waals surface area contributed by atoms with Gasteiger partial charge in [-0.25, -0.2) is 0 Å². The molecule has 0 radical (unpaired) electrons. The summed E-state index contributed by atoms with van der Waals surface area (Å²) in [5.41, 5.74) is 3.15. The highest BCUT2D eigenvalue weighted by molar-refractivity contribution is 5.95. The zero-order chi connectivity index (χ0) is 23.8. The van der Waals surface area contributed by atoms with Gasteiger partial charge in [0.05, 0.1) is 6.54 Å². The van der Waals surface area contributed by atoms with E-state index in [0.717, 1.165) is 37.2 Å². The van der Waals surface area contributed by atoms with E-state index in [1.165, 1.54) is 0 Å². The van der Waals surface area contributed by atoms with Crippen LogP contribution in [-0.2, 0) is 16.0 Å². The van der Waals surface area contributed by atoms with E-state index in [-0.39, 0.29) is 24.3 Å². The summed E-state index contributed by atoms with van der Waals surface area (Å²) < 4.78 is 0. The molecule has 7 nitrogen and oxygen atoms in total. The molecule has 0 atom stereocenters. The van der Waals surface area contributed by atoms with Crippen molar-refractivity contribution >= 4 is 29.1 Å². The van der Waals surface area contributed by atoms with Gasteiger partial charge in [0.25, 0.3) is 5.91 Å².